The number of aryl methyl sites for hydroxylation is 1. The number of hydrogen-bond donors (Lipinski definition) is 1. The van der Waals surface area contributed by atoms with Crippen molar-refractivity contribution < 1.29 is 14.6 Å². The highest BCUT2D eigenvalue weighted by Crippen LogP contribution is 2.23. The van der Waals surface area contributed by atoms with Gasteiger partial charge in [-0.3, -0.25) is 0 Å². The molecule has 0 bridgehead atoms. The lowest BCUT2D eigenvalue weighted by Gasteiger charge is -2.11. The van der Waals surface area contributed by atoms with Crippen molar-refractivity contribution in [2.75, 3.05) is 7.11 Å². The molecule has 3 nitrogen and oxygen atoms in total. The number of carbonyl (C=O) groups is 1. The largest absolute Gasteiger partial charge is 0.479 e. The van der Waals surface area contributed by atoms with Crippen LogP contribution in [0, 0.1) is 6.92 Å². The van der Waals surface area contributed by atoms with Crippen LogP contribution in [0.3, 0.4) is 0 Å². The second kappa shape index (κ2) is 4.57. The molecular formula is C10H11BrO3. The second-order valence-corrected chi connectivity index (χ2v) is 3.82. The van der Waals surface area contributed by atoms with Crippen LogP contribution in [0.25, 0.3) is 0 Å². The minimum atomic E-state index is -0.983. The van der Waals surface area contributed by atoms with Crippen LogP contribution < -0.4 is 0 Å². The number of halogens is 1. The Hall–Kier alpha value is -0.870. The van der Waals surface area contributed by atoms with E-state index in [-0.39, 0.29) is 0 Å². The smallest absolute Gasteiger partial charge is 0.337 e. The van der Waals surface area contributed by atoms with Crippen molar-refractivity contribution in [1.82, 2.24) is 0 Å². The van der Waals surface area contributed by atoms with E-state index in [9.17, 15) is 4.79 Å². The molecule has 0 aliphatic heterocycles. The number of carboxylic acid groups (broad SMARTS) is 1. The number of ether oxygens (including phenoxy) is 1. The summed E-state index contributed by atoms with van der Waals surface area (Å²) in [5.41, 5.74) is 1.70. The SMILES string of the molecule is COC(C(=O)O)c1ccc(C)c(Br)c1. The topological polar surface area (TPSA) is 46.5 Å². The van der Waals surface area contributed by atoms with E-state index >= 15 is 0 Å². The fraction of sp³-hybridized carbons (Fsp3) is 0.300. The Labute approximate surface area is 90.8 Å². The Morgan fingerprint density at radius 3 is 2.64 bits per heavy atom. The van der Waals surface area contributed by atoms with Gasteiger partial charge in [0, 0.05) is 11.6 Å². The summed E-state index contributed by atoms with van der Waals surface area (Å²) in [6, 6.07) is 5.37. The molecule has 0 amide bonds. The first-order valence-electron chi connectivity index (χ1n) is 4.08. The van der Waals surface area contributed by atoms with E-state index in [1.807, 2.05) is 13.0 Å². The van der Waals surface area contributed by atoms with E-state index < -0.39 is 12.1 Å². The minimum Gasteiger partial charge on any atom is -0.479 e. The molecule has 1 atom stereocenters. The van der Waals surface area contributed by atoms with E-state index in [4.69, 9.17) is 9.84 Å². The number of carboxylic acids is 1. The van der Waals surface area contributed by atoms with Crippen LogP contribution in [0.4, 0.5) is 0 Å². The number of hydrogen-bond acceptors (Lipinski definition) is 2. The molecule has 0 spiro atoms. The standard InChI is InChI=1S/C10H11BrO3/c1-6-3-4-7(5-8(6)11)9(14-2)10(12)13/h3-5,9H,1-2H3,(H,12,13). The maximum Gasteiger partial charge on any atom is 0.337 e. The summed E-state index contributed by atoms with van der Waals surface area (Å²) >= 11 is 3.34. The summed E-state index contributed by atoms with van der Waals surface area (Å²) < 4.78 is 5.76. The molecule has 1 unspecified atom stereocenters. The van der Waals surface area contributed by atoms with E-state index in [0.717, 1.165) is 10.0 Å². The molecule has 0 aliphatic rings. The summed E-state index contributed by atoms with van der Waals surface area (Å²) in [4.78, 5) is 10.8. The van der Waals surface area contributed by atoms with Crippen molar-refractivity contribution in [3.63, 3.8) is 0 Å². The Kier molecular flexibility index (Phi) is 3.66. The van der Waals surface area contributed by atoms with Crippen LogP contribution in [0.2, 0.25) is 0 Å². The predicted molar refractivity (Wildman–Crippen MR) is 56.3 cm³/mol. The predicted octanol–water partition coefficient (Wildman–Crippen LogP) is 2.53. The quantitative estimate of drug-likeness (QED) is 0.907. The third-order valence-electron chi connectivity index (χ3n) is 1.96. The Balaban J connectivity index is 3.06. The van der Waals surface area contributed by atoms with E-state index in [1.165, 1.54) is 7.11 Å². The molecule has 0 aromatic heterocycles. The van der Waals surface area contributed by atoms with Crippen LogP contribution in [0.15, 0.2) is 22.7 Å². The van der Waals surface area contributed by atoms with Crippen molar-refractivity contribution >= 4 is 21.9 Å². The second-order valence-electron chi connectivity index (χ2n) is 2.96. The van der Waals surface area contributed by atoms with Crippen molar-refractivity contribution in [2.24, 2.45) is 0 Å². The zero-order chi connectivity index (χ0) is 10.7. The summed E-state index contributed by atoms with van der Waals surface area (Å²) in [6.45, 7) is 1.94. The lowest BCUT2D eigenvalue weighted by molar-refractivity contribution is -0.148. The van der Waals surface area contributed by atoms with Crippen LogP contribution >= 0.6 is 15.9 Å². The average molecular weight is 259 g/mol. The van der Waals surface area contributed by atoms with Crippen LogP contribution in [-0.4, -0.2) is 18.2 Å². The van der Waals surface area contributed by atoms with Gasteiger partial charge < -0.3 is 9.84 Å². The van der Waals surface area contributed by atoms with Gasteiger partial charge in [0.15, 0.2) is 6.10 Å². The number of benzene rings is 1. The molecule has 76 valence electrons. The highest BCUT2D eigenvalue weighted by Gasteiger charge is 2.18. The van der Waals surface area contributed by atoms with E-state index in [1.54, 1.807) is 12.1 Å². The van der Waals surface area contributed by atoms with Gasteiger partial charge in [-0.05, 0) is 24.1 Å². The summed E-state index contributed by atoms with van der Waals surface area (Å²) in [7, 11) is 1.38. The highest BCUT2D eigenvalue weighted by molar-refractivity contribution is 9.10. The van der Waals surface area contributed by atoms with Crippen LogP contribution in [-0.2, 0) is 9.53 Å². The Bertz CT molecular complexity index is 349. The fourth-order valence-electron chi connectivity index (χ4n) is 1.15. The van der Waals surface area contributed by atoms with Gasteiger partial charge in [0.25, 0.3) is 0 Å². The molecule has 1 N–H and O–H groups in total. The maximum atomic E-state index is 10.8. The third kappa shape index (κ3) is 2.33. The zero-order valence-electron chi connectivity index (χ0n) is 7.95. The van der Waals surface area contributed by atoms with Crippen molar-refractivity contribution in [3.8, 4) is 0 Å². The van der Waals surface area contributed by atoms with Crippen molar-refractivity contribution in [3.05, 3.63) is 33.8 Å². The van der Waals surface area contributed by atoms with Crippen molar-refractivity contribution in [1.29, 1.82) is 0 Å². The molecule has 1 rings (SSSR count). The first-order valence-corrected chi connectivity index (χ1v) is 4.87. The van der Waals surface area contributed by atoms with Gasteiger partial charge in [-0.2, -0.15) is 0 Å². The van der Waals surface area contributed by atoms with Gasteiger partial charge in [-0.1, -0.05) is 28.1 Å². The molecule has 0 aliphatic carbocycles. The summed E-state index contributed by atoms with van der Waals surface area (Å²) in [5.74, 6) is -0.983. The molecule has 1 aromatic rings. The molecule has 14 heavy (non-hydrogen) atoms. The summed E-state index contributed by atoms with van der Waals surface area (Å²) in [5, 5.41) is 8.85. The van der Waals surface area contributed by atoms with Gasteiger partial charge >= 0.3 is 5.97 Å². The fourth-order valence-corrected chi connectivity index (χ4v) is 1.55. The number of aliphatic carboxylic acids is 1. The number of methoxy groups -OCH3 is 1. The normalized spacial score (nSPS) is 12.5. The minimum absolute atomic E-state index is 0.637. The Morgan fingerprint density at radius 1 is 1.57 bits per heavy atom. The number of rotatable bonds is 3. The van der Waals surface area contributed by atoms with Gasteiger partial charge in [-0.25, -0.2) is 4.79 Å². The maximum absolute atomic E-state index is 10.8. The summed E-state index contributed by atoms with van der Waals surface area (Å²) in [6.07, 6.45) is -0.896. The first-order chi connectivity index (χ1) is 6.56. The lowest BCUT2D eigenvalue weighted by atomic mass is 10.1. The molecule has 0 radical (unpaired) electrons. The lowest BCUT2D eigenvalue weighted by Crippen LogP contribution is -2.13. The zero-order valence-corrected chi connectivity index (χ0v) is 9.54. The molecule has 0 heterocycles. The average Bonchev–Trinajstić information content (AvgIpc) is 2.11. The van der Waals surface area contributed by atoms with Crippen LogP contribution in [0.5, 0.6) is 0 Å². The van der Waals surface area contributed by atoms with Gasteiger partial charge in [0.05, 0.1) is 0 Å². The molecular weight excluding hydrogens is 248 g/mol. The molecule has 0 saturated heterocycles. The van der Waals surface area contributed by atoms with Gasteiger partial charge in [-0.15, -0.1) is 0 Å². The molecule has 0 saturated carbocycles. The van der Waals surface area contributed by atoms with Crippen LogP contribution in [0.1, 0.15) is 17.2 Å². The van der Waals surface area contributed by atoms with E-state index in [2.05, 4.69) is 15.9 Å². The Morgan fingerprint density at radius 2 is 2.21 bits per heavy atom. The van der Waals surface area contributed by atoms with E-state index in [0.29, 0.717) is 5.56 Å². The molecule has 4 heteroatoms. The van der Waals surface area contributed by atoms with Gasteiger partial charge in [0.2, 0.25) is 0 Å². The highest BCUT2D eigenvalue weighted by atomic mass is 79.9. The molecule has 1 aromatic carbocycles. The monoisotopic (exact) mass is 258 g/mol. The first kappa shape index (κ1) is 11.2. The van der Waals surface area contributed by atoms with Gasteiger partial charge in [0.1, 0.15) is 0 Å². The third-order valence-corrected chi connectivity index (χ3v) is 2.81. The van der Waals surface area contributed by atoms with Crippen molar-refractivity contribution in [2.45, 2.75) is 13.0 Å². The molecule has 0 fully saturated rings.